The number of unbranched alkanes of at least 4 members (excludes halogenated alkanes) is 3. The summed E-state index contributed by atoms with van der Waals surface area (Å²) < 4.78 is 43.6. The number of methoxy groups -OCH3 is 1. The molecule has 54 heavy (non-hydrogen) atoms. The minimum atomic E-state index is -0.777. The van der Waals surface area contributed by atoms with E-state index in [0.29, 0.717) is 84.5 Å². The molecule has 3 aliphatic rings. The second-order valence-corrected chi connectivity index (χ2v) is 15.1. The van der Waals surface area contributed by atoms with Crippen LogP contribution in [0, 0.1) is 27.4 Å². The van der Waals surface area contributed by atoms with Gasteiger partial charge in [-0.2, -0.15) is 0 Å². The van der Waals surface area contributed by atoms with Crippen molar-refractivity contribution in [3.8, 4) is 11.5 Å². The van der Waals surface area contributed by atoms with Gasteiger partial charge in [0.05, 0.1) is 85.9 Å². The summed E-state index contributed by atoms with van der Waals surface area (Å²) in [4.78, 5) is 40.9. The molecule has 1 aromatic carbocycles. The fourth-order valence-electron chi connectivity index (χ4n) is 7.31. The minimum Gasteiger partial charge on any atom is -0.508 e. The SMILES string of the molecule is COCCOCCOCCOCCOCCOCCOCC(=O)Oc1cc(C(C)(C)CCCCCCO[N+](=O)[O-])cc(O)c1[C@@H]1CC(=O)[C@@H]2C[C@H]1C2(C)C. The highest BCUT2D eigenvalue weighted by Gasteiger charge is 2.59. The topological polar surface area (TPSA) is 181 Å². The lowest BCUT2D eigenvalue weighted by Crippen LogP contribution is -2.56. The molecule has 15 heteroatoms. The first-order valence-corrected chi connectivity index (χ1v) is 19.2. The van der Waals surface area contributed by atoms with Crippen LogP contribution in [-0.2, 0) is 53.0 Å². The second kappa shape index (κ2) is 23.9. The van der Waals surface area contributed by atoms with Crippen LogP contribution in [-0.4, -0.2) is 122 Å². The summed E-state index contributed by atoms with van der Waals surface area (Å²) in [7, 11) is 1.63. The van der Waals surface area contributed by atoms with E-state index in [9.17, 15) is 24.8 Å². The Hall–Kier alpha value is -2.92. The zero-order valence-corrected chi connectivity index (χ0v) is 32.9. The van der Waals surface area contributed by atoms with E-state index in [1.165, 1.54) is 0 Å². The highest BCUT2D eigenvalue weighted by Crippen LogP contribution is 2.64. The molecule has 3 aliphatic carbocycles. The number of ketones is 1. The van der Waals surface area contributed by atoms with Crippen LogP contribution in [0.1, 0.15) is 89.7 Å². The number of carbonyl (C=O) groups is 2. The van der Waals surface area contributed by atoms with Crippen LogP contribution in [0.3, 0.4) is 0 Å². The Morgan fingerprint density at radius 3 is 1.89 bits per heavy atom. The van der Waals surface area contributed by atoms with Crippen LogP contribution in [0.4, 0.5) is 0 Å². The number of Topliss-reactive ketones (excluding diaryl/α,β-unsaturated/α-hetero) is 1. The van der Waals surface area contributed by atoms with Crippen LogP contribution in [0.2, 0.25) is 0 Å². The zero-order valence-electron chi connectivity index (χ0n) is 32.9. The summed E-state index contributed by atoms with van der Waals surface area (Å²) in [6.07, 6.45) is 4.95. The van der Waals surface area contributed by atoms with E-state index in [4.69, 9.17) is 37.9 Å². The zero-order chi connectivity index (χ0) is 39.4. The number of esters is 1. The van der Waals surface area contributed by atoms with Crippen molar-refractivity contribution >= 4 is 11.8 Å². The molecule has 0 aliphatic heterocycles. The van der Waals surface area contributed by atoms with Gasteiger partial charge < -0.3 is 47.8 Å². The van der Waals surface area contributed by atoms with Crippen molar-refractivity contribution in [3.05, 3.63) is 33.4 Å². The monoisotopic (exact) mass is 769 g/mol. The van der Waals surface area contributed by atoms with E-state index in [1.807, 2.05) is 6.07 Å². The molecular weight excluding hydrogens is 706 g/mol. The van der Waals surface area contributed by atoms with Gasteiger partial charge in [-0.05, 0) is 53.7 Å². The lowest BCUT2D eigenvalue weighted by molar-refractivity contribution is -0.757. The third-order valence-electron chi connectivity index (χ3n) is 10.5. The first-order chi connectivity index (χ1) is 25.9. The summed E-state index contributed by atoms with van der Waals surface area (Å²) in [5.74, 6) is -0.225. The van der Waals surface area contributed by atoms with Crippen molar-refractivity contribution in [2.75, 3.05) is 99.6 Å². The maximum atomic E-state index is 13.1. The van der Waals surface area contributed by atoms with Crippen molar-refractivity contribution < 1.29 is 62.5 Å². The number of carbonyl (C=O) groups excluding carboxylic acids is 2. The molecule has 3 saturated carbocycles. The fraction of sp³-hybridized carbons (Fsp3) is 0.795. The summed E-state index contributed by atoms with van der Waals surface area (Å²) in [5, 5.41) is 21.1. The lowest BCUT2D eigenvalue weighted by Gasteiger charge is -2.59. The molecule has 0 aromatic heterocycles. The Morgan fingerprint density at radius 2 is 1.37 bits per heavy atom. The first-order valence-electron chi connectivity index (χ1n) is 19.2. The van der Waals surface area contributed by atoms with Gasteiger partial charge in [0, 0.05) is 30.9 Å². The molecule has 0 radical (unpaired) electrons. The molecule has 0 saturated heterocycles. The van der Waals surface area contributed by atoms with Gasteiger partial charge in [0.15, 0.2) is 0 Å². The van der Waals surface area contributed by atoms with Crippen LogP contribution in [0.25, 0.3) is 0 Å². The number of phenols is 1. The minimum absolute atomic E-state index is 0.0195. The fourth-order valence-corrected chi connectivity index (χ4v) is 7.31. The van der Waals surface area contributed by atoms with Gasteiger partial charge in [0.2, 0.25) is 0 Å². The Balaban J connectivity index is 1.42. The molecule has 2 bridgehead atoms. The Labute approximate surface area is 319 Å². The number of nitrogens with zero attached hydrogens (tertiary/aromatic N) is 1. The Kier molecular flexibility index (Phi) is 20.1. The number of ether oxygens (including phenoxy) is 8. The van der Waals surface area contributed by atoms with E-state index in [0.717, 1.165) is 37.7 Å². The van der Waals surface area contributed by atoms with Gasteiger partial charge in [-0.15, -0.1) is 10.1 Å². The largest absolute Gasteiger partial charge is 0.508 e. The normalized spacial score (nSPS) is 19.1. The number of fused-ring (bicyclic) bond motifs is 2. The summed E-state index contributed by atoms with van der Waals surface area (Å²) >= 11 is 0. The van der Waals surface area contributed by atoms with Gasteiger partial charge in [-0.3, -0.25) is 4.79 Å². The molecule has 0 amide bonds. The molecule has 4 rings (SSSR count). The van der Waals surface area contributed by atoms with Crippen LogP contribution < -0.4 is 4.74 Å². The Morgan fingerprint density at radius 1 is 0.833 bits per heavy atom. The number of hydrogen-bond acceptors (Lipinski definition) is 14. The van der Waals surface area contributed by atoms with Crippen molar-refractivity contribution in [3.63, 3.8) is 0 Å². The molecule has 3 fully saturated rings. The molecule has 0 spiro atoms. The van der Waals surface area contributed by atoms with Gasteiger partial charge in [-0.25, -0.2) is 4.79 Å². The predicted molar refractivity (Wildman–Crippen MR) is 197 cm³/mol. The van der Waals surface area contributed by atoms with E-state index in [2.05, 4.69) is 32.5 Å². The molecule has 15 nitrogen and oxygen atoms in total. The third-order valence-corrected chi connectivity index (χ3v) is 10.5. The predicted octanol–water partition coefficient (Wildman–Crippen LogP) is 5.20. The second-order valence-electron chi connectivity index (χ2n) is 15.1. The highest BCUT2D eigenvalue weighted by atomic mass is 16.9. The lowest BCUT2D eigenvalue weighted by atomic mass is 9.44. The first kappa shape index (κ1) is 45.5. The average Bonchev–Trinajstić information content (AvgIpc) is 3.11. The van der Waals surface area contributed by atoms with Gasteiger partial charge in [0.25, 0.3) is 5.09 Å². The number of rotatable bonds is 31. The van der Waals surface area contributed by atoms with E-state index in [-0.39, 0.29) is 72.3 Å². The summed E-state index contributed by atoms with van der Waals surface area (Å²) in [5.41, 5.74) is 0.731. The summed E-state index contributed by atoms with van der Waals surface area (Å²) in [6.45, 7) is 13.2. The van der Waals surface area contributed by atoms with E-state index in [1.54, 1.807) is 13.2 Å². The summed E-state index contributed by atoms with van der Waals surface area (Å²) in [6, 6.07) is 3.56. The van der Waals surface area contributed by atoms with E-state index < -0.39 is 11.1 Å². The van der Waals surface area contributed by atoms with Crippen LogP contribution in [0.15, 0.2) is 12.1 Å². The number of benzene rings is 1. The smallest absolute Gasteiger partial charge is 0.337 e. The standard InChI is InChI=1S/C39H63NO14/c1-38(2,10-8-6-7-9-11-53-40(44)45)29-24-34(42)37(30-26-33(41)32-27-31(30)39(32,3)4)35(25-29)54-36(43)28-52-23-22-51-21-20-50-19-18-49-17-16-48-15-14-47-13-12-46-5/h24-25,30-32,42H,6-23,26-28H2,1-5H3/t30-,31-,32+/m1/s1. The van der Waals surface area contributed by atoms with Crippen molar-refractivity contribution in [1.82, 2.24) is 0 Å². The molecular formula is C39H63NO14. The molecule has 0 heterocycles. The van der Waals surface area contributed by atoms with Crippen molar-refractivity contribution in [2.45, 2.75) is 84.0 Å². The number of phenolic OH excluding ortho intramolecular Hbond substituents is 1. The van der Waals surface area contributed by atoms with Crippen LogP contribution >= 0.6 is 0 Å². The molecule has 3 atom stereocenters. The molecule has 1 aromatic rings. The van der Waals surface area contributed by atoms with Gasteiger partial charge in [0.1, 0.15) is 23.9 Å². The molecule has 308 valence electrons. The van der Waals surface area contributed by atoms with Crippen molar-refractivity contribution in [1.29, 1.82) is 0 Å². The van der Waals surface area contributed by atoms with Gasteiger partial charge >= 0.3 is 5.97 Å². The maximum absolute atomic E-state index is 13.1. The van der Waals surface area contributed by atoms with Crippen LogP contribution in [0.5, 0.6) is 11.5 Å². The Bertz CT molecular complexity index is 1290. The third kappa shape index (κ3) is 15.0. The highest BCUT2D eigenvalue weighted by molar-refractivity contribution is 5.86. The maximum Gasteiger partial charge on any atom is 0.337 e. The average molecular weight is 770 g/mol. The van der Waals surface area contributed by atoms with Crippen molar-refractivity contribution in [2.24, 2.45) is 17.3 Å². The van der Waals surface area contributed by atoms with Gasteiger partial charge in [-0.1, -0.05) is 47.0 Å². The molecule has 1 N–H and O–H groups in total. The van der Waals surface area contributed by atoms with E-state index >= 15 is 0 Å². The quantitative estimate of drug-likeness (QED) is 0.0342. The number of hydrogen-bond donors (Lipinski definition) is 1. The molecule has 0 unspecified atom stereocenters. The number of aromatic hydroxyl groups is 1.